The third kappa shape index (κ3) is 5.32. The number of hydrogen-bond acceptors (Lipinski definition) is 3. The smallest absolute Gasteiger partial charge is 0.136 e. The predicted octanol–water partition coefficient (Wildman–Crippen LogP) is 5.23. The topological polar surface area (TPSA) is 38.9 Å². The number of aryl methyl sites for hydroxylation is 3. The average Bonchev–Trinajstić information content (AvgIpc) is 3.37. The summed E-state index contributed by atoms with van der Waals surface area (Å²) in [6, 6.07) is 13.3. The van der Waals surface area contributed by atoms with Crippen molar-refractivity contribution in [2.45, 2.75) is 46.8 Å². The minimum atomic E-state index is -0.190. The van der Waals surface area contributed by atoms with Gasteiger partial charge >= 0.3 is 0 Å². The van der Waals surface area contributed by atoms with Gasteiger partial charge in [0, 0.05) is 56.2 Å². The van der Waals surface area contributed by atoms with Crippen molar-refractivity contribution in [2.24, 2.45) is 0 Å². The number of nitrogens with zero attached hydrogens (tertiary/aromatic N) is 5. The largest absolute Gasteiger partial charge is 0.337 e. The quantitative estimate of drug-likeness (QED) is 0.364. The van der Waals surface area contributed by atoms with E-state index >= 15 is 0 Å². The summed E-state index contributed by atoms with van der Waals surface area (Å²) in [6.07, 6.45) is 8.53. The van der Waals surface area contributed by atoms with Crippen LogP contribution in [-0.4, -0.2) is 30.5 Å². The maximum Gasteiger partial charge on any atom is 0.136 e. The van der Waals surface area contributed by atoms with E-state index in [1.807, 2.05) is 31.7 Å². The van der Waals surface area contributed by atoms with Gasteiger partial charge < -0.3 is 9.13 Å². The summed E-state index contributed by atoms with van der Waals surface area (Å²) < 4.78 is 18.1. The Morgan fingerprint density at radius 1 is 1.03 bits per heavy atom. The Labute approximate surface area is 189 Å². The number of halogens is 1. The molecule has 0 aliphatic carbocycles. The number of aromatic nitrogens is 4. The minimum absolute atomic E-state index is 0.190. The lowest BCUT2D eigenvalue weighted by Gasteiger charge is -2.23. The SMILES string of the molecule is Cc1ccc(-n2c(C)cc(CN(CCCn3ccnc3)Cc3cccc(F)c3)c2C)nc1. The van der Waals surface area contributed by atoms with Gasteiger partial charge in [0.1, 0.15) is 11.6 Å². The van der Waals surface area contributed by atoms with Crippen LogP contribution in [0.2, 0.25) is 0 Å². The number of pyridine rings is 1. The van der Waals surface area contributed by atoms with Crippen molar-refractivity contribution in [3.8, 4) is 5.82 Å². The molecule has 3 heterocycles. The molecule has 6 heteroatoms. The fourth-order valence-corrected chi connectivity index (χ4v) is 4.18. The maximum atomic E-state index is 13.8. The first kappa shape index (κ1) is 22.0. The molecule has 0 unspecified atom stereocenters. The van der Waals surface area contributed by atoms with Gasteiger partial charge in [-0.1, -0.05) is 18.2 Å². The van der Waals surface area contributed by atoms with Gasteiger partial charge in [-0.25, -0.2) is 14.4 Å². The highest BCUT2D eigenvalue weighted by molar-refractivity contribution is 5.37. The van der Waals surface area contributed by atoms with Crippen LogP contribution in [0.1, 0.15) is 34.5 Å². The van der Waals surface area contributed by atoms with Gasteiger partial charge in [-0.05, 0) is 68.1 Å². The highest BCUT2D eigenvalue weighted by Gasteiger charge is 2.15. The Kier molecular flexibility index (Phi) is 6.81. The Balaban J connectivity index is 1.54. The highest BCUT2D eigenvalue weighted by atomic mass is 19.1. The second-order valence-corrected chi connectivity index (χ2v) is 8.42. The first-order valence-corrected chi connectivity index (χ1v) is 11.0. The molecular weight excluding hydrogens is 401 g/mol. The summed E-state index contributed by atoms with van der Waals surface area (Å²) in [7, 11) is 0. The molecule has 0 bridgehead atoms. The van der Waals surface area contributed by atoms with Crippen LogP contribution >= 0.6 is 0 Å². The van der Waals surface area contributed by atoms with Crippen molar-refractivity contribution in [1.29, 1.82) is 0 Å². The van der Waals surface area contributed by atoms with E-state index in [-0.39, 0.29) is 5.82 Å². The summed E-state index contributed by atoms with van der Waals surface area (Å²) in [5.41, 5.74) is 5.76. The van der Waals surface area contributed by atoms with E-state index in [0.717, 1.165) is 48.7 Å². The van der Waals surface area contributed by atoms with Crippen LogP contribution in [-0.2, 0) is 19.6 Å². The van der Waals surface area contributed by atoms with Crippen molar-refractivity contribution in [2.75, 3.05) is 6.54 Å². The first-order valence-electron chi connectivity index (χ1n) is 11.0. The molecule has 32 heavy (non-hydrogen) atoms. The standard InChI is InChI=1S/C26H30FN5/c1-20-8-9-26(29-16-20)32-21(2)14-24(22(32)3)18-31(12-5-11-30-13-10-28-19-30)17-23-6-4-7-25(27)15-23/h4,6-10,13-16,19H,5,11-12,17-18H2,1-3H3. The third-order valence-corrected chi connectivity index (χ3v) is 5.80. The van der Waals surface area contributed by atoms with Crippen molar-refractivity contribution >= 4 is 0 Å². The van der Waals surface area contributed by atoms with Crippen LogP contribution in [0.4, 0.5) is 4.39 Å². The van der Waals surface area contributed by atoms with E-state index in [9.17, 15) is 4.39 Å². The van der Waals surface area contributed by atoms with E-state index in [1.165, 1.54) is 17.3 Å². The molecule has 0 aliphatic heterocycles. The summed E-state index contributed by atoms with van der Waals surface area (Å²) in [4.78, 5) is 11.1. The fraction of sp³-hybridized carbons (Fsp3) is 0.308. The monoisotopic (exact) mass is 431 g/mol. The van der Waals surface area contributed by atoms with E-state index in [2.05, 4.69) is 56.0 Å². The van der Waals surface area contributed by atoms with Crippen molar-refractivity contribution in [1.82, 2.24) is 24.0 Å². The molecule has 4 rings (SSSR count). The lowest BCUT2D eigenvalue weighted by molar-refractivity contribution is 0.247. The third-order valence-electron chi connectivity index (χ3n) is 5.80. The van der Waals surface area contributed by atoms with Gasteiger partial charge in [0.25, 0.3) is 0 Å². The van der Waals surface area contributed by atoms with Crippen LogP contribution in [0.3, 0.4) is 0 Å². The molecule has 0 aliphatic rings. The summed E-state index contributed by atoms with van der Waals surface area (Å²) in [6.45, 7) is 9.63. The van der Waals surface area contributed by atoms with Crippen LogP contribution in [0.5, 0.6) is 0 Å². The van der Waals surface area contributed by atoms with Gasteiger partial charge in [-0.3, -0.25) is 4.90 Å². The molecule has 0 N–H and O–H groups in total. The molecule has 0 radical (unpaired) electrons. The Morgan fingerprint density at radius 3 is 2.62 bits per heavy atom. The van der Waals surface area contributed by atoms with Gasteiger partial charge in [0.05, 0.1) is 6.33 Å². The molecule has 4 aromatic rings. The zero-order chi connectivity index (χ0) is 22.5. The summed E-state index contributed by atoms with van der Waals surface area (Å²) in [5.74, 6) is 0.748. The van der Waals surface area contributed by atoms with Crippen LogP contribution in [0, 0.1) is 26.6 Å². The molecular formula is C26H30FN5. The molecule has 0 amide bonds. The molecule has 0 saturated carbocycles. The fourth-order valence-electron chi connectivity index (χ4n) is 4.18. The van der Waals surface area contributed by atoms with Crippen molar-refractivity contribution < 1.29 is 4.39 Å². The Bertz CT molecular complexity index is 1150. The number of benzene rings is 1. The molecule has 166 valence electrons. The molecule has 5 nitrogen and oxygen atoms in total. The van der Waals surface area contributed by atoms with Gasteiger partial charge in [0.15, 0.2) is 0 Å². The minimum Gasteiger partial charge on any atom is -0.337 e. The maximum absolute atomic E-state index is 13.8. The molecule has 0 atom stereocenters. The molecule has 0 saturated heterocycles. The lowest BCUT2D eigenvalue weighted by Crippen LogP contribution is -2.25. The van der Waals surface area contributed by atoms with E-state index in [4.69, 9.17) is 0 Å². The van der Waals surface area contributed by atoms with Gasteiger partial charge in [-0.15, -0.1) is 0 Å². The second kappa shape index (κ2) is 9.92. The normalized spacial score (nSPS) is 11.4. The number of hydrogen-bond donors (Lipinski definition) is 0. The summed E-state index contributed by atoms with van der Waals surface area (Å²) in [5, 5.41) is 0. The van der Waals surface area contributed by atoms with Crippen molar-refractivity contribution in [3.63, 3.8) is 0 Å². The molecule has 1 aromatic carbocycles. The Hall–Kier alpha value is -3.25. The van der Waals surface area contributed by atoms with Gasteiger partial charge in [-0.2, -0.15) is 0 Å². The molecule has 0 spiro atoms. The van der Waals surface area contributed by atoms with Crippen LogP contribution in [0.25, 0.3) is 5.82 Å². The first-order chi connectivity index (χ1) is 15.5. The van der Waals surface area contributed by atoms with E-state index in [0.29, 0.717) is 6.54 Å². The summed E-state index contributed by atoms with van der Waals surface area (Å²) >= 11 is 0. The van der Waals surface area contributed by atoms with E-state index < -0.39 is 0 Å². The van der Waals surface area contributed by atoms with Crippen molar-refractivity contribution in [3.05, 3.63) is 101 Å². The average molecular weight is 432 g/mol. The molecule has 0 fully saturated rings. The van der Waals surface area contributed by atoms with E-state index in [1.54, 1.807) is 18.3 Å². The number of imidazole rings is 1. The Morgan fingerprint density at radius 2 is 1.91 bits per heavy atom. The predicted molar refractivity (Wildman–Crippen MR) is 125 cm³/mol. The number of rotatable bonds is 9. The molecule has 3 aromatic heterocycles. The highest BCUT2D eigenvalue weighted by Crippen LogP contribution is 2.22. The van der Waals surface area contributed by atoms with Gasteiger partial charge in [0.2, 0.25) is 0 Å². The van der Waals surface area contributed by atoms with Crippen LogP contribution < -0.4 is 0 Å². The zero-order valence-electron chi connectivity index (χ0n) is 19.0. The van der Waals surface area contributed by atoms with Crippen LogP contribution in [0.15, 0.2) is 67.4 Å². The second-order valence-electron chi connectivity index (χ2n) is 8.42. The lowest BCUT2D eigenvalue weighted by atomic mass is 10.1. The zero-order valence-corrected chi connectivity index (χ0v) is 19.0.